The molecule has 1 heterocycles. The van der Waals surface area contributed by atoms with Gasteiger partial charge in [-0.25, -0.2) is 4.98 Å². The van der Waals surface area contributed by atoms with E-state index in [4.69, 9.17) is 9.47 Å². The van der Waals surface area contributed by atoms with Crippen molar-refractivity contribution < 1.29 is 14.3 Å². The first-order valence-corrected chi connectivity index (χ1v) is 7.03. The van der Waals surface area contributed by atoms with Crippen molar-refractivity contribution in [1.29, 1.82) is 0 Å². The number of ether oxygens (including phenoxy) is 2. The van der Waals surface area contributed by atoms with E-state index in [2.05, 4.69) is 15.2 Å². The van der Waals surface area contributed by atoms with E-state index in [0.29, 0.717) is 19.0 Å². The Hall–Kier alpha value is -2.37. The molecule has 0 bridgehead atoms. The summed E-state index contributed by atoms with van der Waals surface area (Å²) in [6.45, 7) is 2.76. The first-order chi connectivity index (χ1) is 10.3. The number of nitrogens with one attached hydrogen (secondary N) is 1. The monoisotopic (exact) mass is 287 g/mol. The van der Waals surface area contributed by atoms with Gasteiger partial charge in [0.05, 0.1) is 24.7 Å². The Balaban J connectivity index is 1.61. The quantitative estimate of drug-likeness (QED) is 0.823. The molecule has 1 saturated carbocycles. The third-order valence-electron chi connectivity index (χ3n) is 3.52. The van der Waals surface area contributed by atoms with E-state index in [1.54, 1.807) is 0 Å². The molecule has 2 atom stereocenters. The van der Waals surface area contributed by atoms with Gasteiger partial charge in [0.2, 0.25) is 0 Å². The highest BCUT2D eigenvalue weighted by atomic mass is 16.5. The van der Waals surface area contributed by atoms with Gasteiger partial charge >= 0.3 is 5.97 Å². The van der Waals surface area contributed by atoms with Crippen molar-refractivity contribution in [3.05, 3.63) is 30.6 Å². The molecule has 0 unspecified atom stereocenters. The van der Waals surface area contributed by atoms with E-state index < -0.39 is 0 Å². The number of para-hydroxylation sites is 1. The van der Waals surface area contributed by atoms with Crippen molar-refractivity contribution in [1.82, 2.24) is 15.2 Å². The third-order valence-corrected chi connectivity index (χ3v) is 3.52. The number of carbonyl (C=O) groups is 1. The maximum absolute atomic E-state index is 11.6. The number of rotatable bonds is 6. The number of carbonyl (C=O) groups excluding carboxylic acids is 1. The van der Waals surface area contributed by atoms with E-state index in [9.17, 15) is 4.79 Å². The lowest BCUT2D eigenvalue weighted by Gasteiger charge is -2.09. The second-order valence-electron chi connectivity index (χ2n) is 5.00. The number of nitrogens with zero attached hydrogens (tertiary/aromatic N) is 2. The van der Waals surface area contributed by atoms with Crippen molar-refractivity contribution in [2.75, 3.05) is 13.2 Å². The maximum Gasteiger partial charge on any atom is 0.309 e. The van der Waals surface area contributed by atoms with E-state index in [-0.39, 0.29) is 17.8 Å². The topological polar surface area (TPSA) is 77.1 Å². The SMILES string of the molecule is CCOC(=O)[C@@H]1C[C@H]1COc1ccccc1-c1ncn[nH]1. The zero-order valence-corrected chi connectivity index (χ0v) is 11.8. The molecule has 3 rings (SSSR count). The lowest BCUT2D eigenvalue weighted by molar-refractivity contribution is -0.145. The average Bonchev–Trinajstić information content (AvgIpc) is 3.08. The predicted molar refractivity (Wildman–Crippen MR) is 75.5 cm³/mol. The van der Waals surface area contributed by atoms with Gasteiger partial charge in [0.15, 0.2) is 5.82 Å². The Labute approximate surface area is 122 Å². The fourth-order valence-electron chi connectivity index (χ4n) is 2.29. The second-order valence-corrected chi connectivity index (χ2v) is 5.00. The molecule has 6 nitrogen and oxygen atoms in total. The van der Waals surface area contributed by atoms with Crippen LogP contribution in [0.4, 0.5) is 0 Å². The molecule has 110 valence electrons. The molecule has 1 aromatic carbocycles. The summed E-state index contributed by atoms with van der Waals surface area (Å²) in [6, 6.07) is 7.64. The Morgan fingerprint density at radius 2 is 2.29 bits per heavy atom. The lowest BCUT2D eigenvalue weighted by atomic mass is 10.2. The molecule has 1 aliphatic carbocycles. The van der Waals surface area contributed by atoms with Crippen LogP contribution in [-0.4, -0.2) is 34.4 Å². The molecule has 6 heteroatoms. The number of aromatic amines is 1. The van der Waals surface area contributed by atoms with E-state index in [0.717, 1.165) is 17.7 Å². The summed E-state index contributed by atoms with van der Waals surface area (Å²) in [7, 11) is 0. The van der Waals surface area contributed by atoms with Crippen molar-refractivity contribution in [3.8, 4) is 17.1 Å². The van der Waals surface area contributed by atoms with E-state index in [1.165, 1.54) is 6.33 Å². The van der Waals surface area contributed by atoms with Crippen LogP contribution in [-0.2, 0) is 9.53 Å². The molecule has 1 aliphatic rings. The molecule has 0 radical (unpaired) electrons. The van der Waals surface area contributed by atoms with Gasteiger partial charge in [-0.15, -0.1) is 0 Å². The first kappa shape index (κ1) is 13.6. The second kappa shape index (κ2) is 5.95. The fraction of sp³-hybridized carbons (Fsp3) is 0.400. The summed E-state index contributed by atoms with van der Waals surface area (Å²) < 4.78 is 10.9. The Kier molecular flexibility index (Phi) is 3.85. The van der Waals surface area contributed by atoms with Crippen LogP contribution < -0.4 is 4.74 Å². The molecule has 0 amide bonds. The number of aromatic nitrogens is 3. The van der Waals surface area contributed by atoms with E-state index in [1.807, 2.05) is 31.2 Å². The molecule has 1 aromatic heterocycles. The standard InChI is InChI=1S/C15H17N3O3/c1-2-20-15(19)12-7-10(12)8-21-13-6-4-3-5-11(13)14-16-9-17-18-14/h3-6,9-10,12H,2,7-8H2,1H3,(H,16,17,18)/t10-,12+/m0/s1. The van der Waals surface area contributed by atoms with Crippen LogP contribution in [0.1, 0.15) is 13.3 Å². The molecule has 1 N–H and O–H groups in total. The zero-order valence-electron chi connectivity index (χ0n) is 11.8. The van der Waals surface area contributed by atoms with Gasteiger partial charge in [-0.05, 0) is 25.5 Å². The fourth-order valence-corrected chi connectivity index (χ4v) is 2.29. The van der Waals surface area contributed by atoms with Gasteiger partial charge < -0.3 is 9.47 Å². The van der Waals surface area contributed by atoms with Crippen LogP contribution in [0.25, 0.3) is 11.4 Å². The molecule has 0 saturated heterocycles. The maximum atomic E-state index is 11.6. The van der Waals surface area contributed by atoms with Crippen LogP contribution in [0.15, 0.2) is 30.6 Å². The largest absolute Gasteiger partial charge is 0.493 e. The molecule has 0 spiro atoms. The summed E-state index contributed by atoms with van der Waals surface area (Å²) in [5.41, 5.74) is 0.864. The highest BCUT2D eigenvalue weighted by Gasteiger charge is 2.44. The summed E-state index contributed by atoms with van der Waals surface area (Å²) in [4.78, 5) is 15.7. The highest BCUT2D eigenvalue weighted by molar-refractivity contribution is 5.75. The van der Waals surface area contributed by atoms with Crippen molar-refractivity contribution in [2.24, 2.45) is 11.8 Å². The van der Waals surface area contributed by atoms with Gasteiger partial charge in [-0.3, -0.25) is 9.89 Å². The van der Waals surface area contributed by atoms with Crippen LogP contribution in [0.2, 0.25) is 0 Å². The first-order valence-electron chi connectivity index (χ1n) is 7.03. The van der Waals surface area contributed by atoms with Crippen molar-refractivity contribution in [3.63, 3.8) is 0 Å². The third kappa shape index (κ3) is 3.04. The average molecular weight is 287 g/mol. The minimum absolute atomic E-state index is 0.0117. The Morgan fingerprint density at radius 1 is 1.43 bits per heavy atom. The van der Waals surface area contributed by atoms with Gasteiger partial charge in [-0.2, -0.15) is 5.10 Å². The summed E-state index contributed by atoms with van der Waals surface area (Å²) in [5, 5.41) is 6.68. The molecular weight excluding hydrogens is 270 g/mol. The smallest absolute Gasteiger partial charge is 0.309 e. The Morgan fingerprint density at radius 3 is 3.05 bits per heavy atom. The number of esters is 1. The van der Waals surface area contributed by atoms with Gasteiger partial charge in [-0.1, -0.05) is 12.1 Å². The van der Waals surface area contributed by atoms with Crippen LogP contribution in [0.3, 0.4) is 0 Å². The number of benzene rings is 1. The zero-order chi connectivity index (χ0) is 14.7. The molecular formula is C15H17N3O3. The van der Waals surface area contributed by atoms with Gasteiger partial charge in [0, 0.05) is 5.92 Å². The summed E-state index contributed by atoms with van der Waals surface area (Å²) >= 11 is 0. The number of H-pyrrole nitrogens is 1. The minimum Gasteiger partial charge on any atom is -0.493 e. The summed E-state index contributed by atoms with van der Waals surface area (Å²) in [6.07, 6.45) is 2.30. The molecule has 1 fully saturated rings. The van der Waals surface area contributed by atoms with E-state index >= 15 is 0 Å². The van der Waals surface area contributed by atoms with Gasteiger partial charge in [0.25, 0.3) is 0 Å². The lowest BCUT2D eigenvalue weighted by Crippen LogP contribution is -2.10. The Bertz CT molecular complexity index is 612. The summed E-state index contributed by atoms with van der Waals surface area (Å²) in [5.74, 6) is 1.52. The van der Waals surface area contributed by atoms with Crippen LogP contribution in [0, 0.1) is 11.8 Å². The normalized spacial score (nSPS) is 20.0. The highest BCUT2D eigenvalue weighted by Crippen LogP contribution is 2.40. The van der Waals surface area contributed by atoms with Crippen LogP contribution in [0.5, 0.6) is 5.75 Å². The molecule has 2 aromatic rings. The number of hydrogen-bond donors (Lipinski definition) is 1. The number of hydrogen-bond acceptors (Lipinski definition) is 5. The van der Waals surface area contributed by atoms with Crippen LogP contribution >= 0.6 is 0 Å². The van der Waals surface area contributed by atoms with Crippen molar-refractivity contribution >= 4 is 5.97 Å². The van der Waals surface area contributed by atoms with Gasteiger partial charge in [0.1, 0.15) is 12.1 Å². The minimum atomic E-state index is -0.116. The molecule has 0 aliphatic heterocycles. The molecule has 21 heavy (non-hydrogen) atoms. The predicted octanol–water partition coefficient (Wildman–Crippen LogP) is 2.05. The van der Waals surface area contributed by atoms with Crippen molar-refractivity contribution in [2.45, 2.75) is 13.3 Å².